The zero-order valence-corrected chi connectivity index (χ0v) is 11.7. The molecule has 2 rings (SSSR count). The third-order valence-electron chi connectivity index (χ3n) is 3.31. The Morgan fingerprint density at radius 1 is 1.33 bits per heavy atom. The van der Waals surface area contributed by atoms with E-state index < -0.39 is 0 Å². The van der Waals surface area contributed by atoms with Crippen molar-refractivity contribution in [3.63, 3.8) is 0 Å². The van der Waals surface area contributed by atoms with Crippen molar-refractivity contribution in [1.82, 2.24) is 9.38 Å². The zero-order valence-electron chi connectivity index (χ0n) is 11.7. The van der Waals surface area contributed by atoms with Gasteiger partial charge >= 0.3 is 0 Å². The van der Waals surface area contributed by atoms with Crippen LogP contribution < -0.4 is 5.73 Å². The number of nitrogen functional groups attached to an aromatic ring is 1. The maximum absolute atomic E-state index is 6.20. The standard InChI is InChI=1S/C14H21N3O/c1-9-6-10(2)17-12(7-9)16-11(13(17)15)8-14(3,4)18-5/h6-7H,8,15H2,1-5H3. The number of hydrogen-bond donors (Lipinski definition) is 1. The number of hydrogen-bond acceptors (Lipinski definition) is 3. The quantitative estimate of drug-likeness (QED) is 0.906. The molecule has 4 heteroatoms. The van der Waals surface area contributed by atoms with E-state index in [1.165, 1.54) is 5.56 Å². The molecule has 0 unspecified atom stereocenters. The predicted octanol–water partition coefficient (Wildman–Crippen LogP) is 2.50. The van der Waals surface area contributed by atoms with Crippen molar-refractivity contribution in [2.24, 2.45) is 0 Å². The first-order chi connectivity index (χ1) is 8.34. The monoisotopic (exact) mass is 247 g/mol. The molecule has 18 heavy (non-hydrogen) atoms. The van der Waals surface area contributed by atoms with Gasteiger partial charge in [-0.2, -0.15) is 0 Å². The Bertz CT molecular complexity index is 584. The van der Waals surface area contributed by atoms with Crippen molar-refractivity contribution in [1.29, 1.82) is 0 Å². The summed E-state index contributed by atoms with van der Waals surface area (Å²) in [5.74, 6) is 0.715. The largest absolute Gasteiger partial charge is 0.383 e. The molecule has 0 aromatic carbocycles. The van der Waals surface area contributed by atoms with Crippen LogP contribution in [0.2, 0.25) is 0 Å². The third-order valence-corrected chi connectivity index (χ3v) is 3.31. The number of aryl methyl sites for hydroxylation is 2. The number of imidazole rings is 1. The van der Waals surface area contributed by atoms with Gasteiger partial charge in [-0.1, -0.05) is 0 Å². The smallest absolute Gasteiger partial charge is 0.139 e. The fourth-order valence-electron chi connectivity index (χ4n) is 2.21. The summed E-state index contributed by atoms with van der Waals surface area (Å²) in [6.07, 6.45) is 0.704. The number of fused-ring (bicyclic) bond motifs is 1. The Balaban J connectivity index is 2.54. The molecule has 0 aliphatic rings. The first-order valence-corrected chi connectivity index (χ1v) is 6.13. The van der Waals surface area contributed by atoms with Gasteiger partial charge in [0.25, 0.3) is 0 Å². The Labute approximate surface area is 108 Å². The van der Waals surface area contributed by atoms with Crippen LogP contribution >= 0.6 is 0 Å². The van der Waals surface area contributed by atoms with Gasteiger partial charge < -0.3 is 10.5 Å². The Morgan fingerprint density at radius 3 is 2.61 bits per heavy atom. The lowest BCUT2D eigenvalue weighted by molar-refractivity contribution is 0.0226. The average molecular weight is 247 g/mol. The second-order valence-electron chi connectivity index (χ2n) is 5.45. The van der Waals surface area contributed by atoms with E-state index in [9.17, 15) is 0 Å². The SMILES string of the molecule is COC(C)(C)Cc1nc2cc(C)cc(C)n2c1N. The van der Waals surface area contributed by atoms with Crippen molar-refractivity contribution < 1.29 is 4.74 Å². The number of nitrogens with two attached hydrogens (primary N) is 1. The van der Waals surface area contributed by atoms with Crippen LogP contribution in [0.5, 0.6) is 0 Å². The minimum atomic E-state index is -0.255. The Morgan fingerprint density at radius 2 is 2.00 bits per heavy atom. The number of rotatable bonds is 3. The molecule has 2 N–H and O–H groups in total. The van der Waals surface area contributed by atoms with E-state index in [-0.39, 0.29) is 5.60 Å². The molecule has 0 atom stereocenters. The summed E-state index contributed by atoms with van der Waals surface area (Å²) in [4.78, 5) is 4.63. The summed E-state index contributed by atoms with van der Waals surface area (Å²) in [5, 5.41) is 0. The molecule has 0 aliphatic carbocycles. The Kier molecular flexibility index (Phi) is 3.07. The summed E-state index contributed by atoms with van der Waals surface area (Å²) >= 11 is 0. The molecule has 2 aromatic heterocycles. The van der Waals surface area contributed by atoms with Crippen LogP contribution in [0.15, 0.2) is 12.1 Å². The van der Waals surface area contributed by atoms with Crippen LogP contribution in [0, 0.1) is 13.8 Å². The lowest BCUT2D eigenvalue weighted by atomic mass is 10.0. The molecule has 0 aliphatic heterocycles. The summed E-state index contributed by atoms with van der Waals surface area (Å²) in [7, 11) is 1.71. The maximum Gasteiger partial charge on any atom is 0.139 e. The highest BCUT2D eigenvalue weighted by Crippen LogP contribution is 2.23. The molecule has 0 spiro atoms. The first-order valence-electron chi connectivity index (χ1n) is 6.13. The topological polar surface area (TPSA) is 52.5 Å². The van der Waals surface area contributed by atoms with E-state index in [0.29, 0.717) is 12.2 Å². The van der Waals surface area contributed by atoms with Crippen molar-refractivity contribution in [3.05, 3.63) is 29.1 Å². The lowest BCUT2D eigenvalue weighted by Crippen LogP contribution is -2.26. The van der Waals surface area contributed by atoms with Gasteiger partial charge in [0.15, 0.2) is 0 Å². The van der Waals surface area contributed by atoms with Gasteiger partial charge in [-0.05, 0) is 45.4 Å². The molecule has 2 heterocycles. The van der Waals surface area contributed by atoms with Crippen molar-refractivity contribution >= 4 is 11.5 Å². The second kappa shape index (κ2) is 4.28. The van der Waals surface area contributed by atoms with E-state index in [0.717, 1.165) is 17.0 Å². The summed E-state index contributed by atoms with van der Waals surface area (Å²) < 4.78 is 7.44. The van der Waals surface area contributed by atoms with Gasteiger partial charge in [0.1, 0.15) is 11.5 Å². The number of methoxy groups -OCH3 is 1. The third kappa shape index (κ3) is 2.20. The second-order valence-corrected chi connectivity index (χ2v) is 5.45. The predicted molar refractivity (Wildman–Crippen MR) is 73.9 cm³/mol. The molecule has 0 radical (unpaired) electrons. The number of aromatic nitrogens is 2. The number of nitrogens with zero attached hydrogens (tertiary/aromatic N) is 2. The molecule has 0 amide bonds. The summed E-state index contributed by atoms with van der Waals surface area (Å²) in [6, 6.07) is 4.16. The van der Waals surface area contributed by atoms with Gasteiger partial charge in [-0.15, -0.1) is 0 Å². The van der Waals surface area contributed by atoms with Crippen LogP contribution in [0.4, 0.5) is 5.82 Å². The van der Waals surface area contributed by atoms with E-state index in [1.807, 2.05) is 31.2 Å². The highest BCUT2D eigenvalue weighted by atomic mass is 16.5. The Hall–Kier alpha value is -1.55. The van der Waals surface area contributed by atoms with Gasteiger partial charge in [-0.3, -0.25) is 4.40 Å². The molecule has 2 aromatic rings. The molecule has 0 saturated heterocycles. The van der Waals surface area contributed by atoms with Gasteiger partial charge in [0, 0.05) is 19.2 Å². The summed E-state index contributed by atoms with van der Waals surface area (Å²) in [5.41, 5.74) is 10.1. The fourth-order valence-corrected chi connectivity index (χ4v) is 2.21. The maximum atomic E-state index is 6.20. The number of anilines is 1. The van der Waals surface area contributed by atoms with Gasteiger partial charge in [0.2, 0.25) is 0 Å². The van der Waals surface area contributed by atoms with E-state index >= 15 is 0 Å². The number of ether oxygens (including phenoxy) is 1. The van der Waals surface area contributed by atoms with Crippen LogP contribution in [0.3, 0.4) is 0 Å². The average Bonchev–Trinajstić information content (AvgIpc) is 2.55. The van der Waals surface area contributed by atoms with Crippen LogP contribution in [0.1, 0.15) is 30.8 Å². The zero-order chi connectivity index (χ0) is 13.5. The van der Waals surface area contributed by atoms with Crippen molar-refractivity contribution in [2.45, 2.75) is 39.7 Å². The minimum Gasteiger partial charge on any atom is -0.383 e. The van der Waals surface area contributed by atoms with E-state index in [4.69, 9.17) is 10.5 Å². The molecular formula is C14H21N3O. The normalized spacial score (nSPS) is 12.3. The molecule has 98 valence electrons. The summed E-state index contributed by atoms with van der Waals surface area (Å²) in [6.45, 7) is 8.18. The molecular weight excluding hydrogens is 226 g/mol. The van der Waals surface area contributed by atoms with E-state index in [1.54, 1.807) is 7.11 Å². The minimum absolute atomic E-state index is 0.255. The van der Waals surface area contributed by atoms with Crippen molar-refractivity contribution in [3.8, 4) is 0 Å². The van der Waals surface area contributed by atoms with Crippen LogP contribution in [-0.2, 0) is 11.2 Å². The highest BCUT2D eigenvalue weighted by Gasteiger charge is 2.22. The molecule has 0 saturated carbocycles. The van der Waals surface area contributed by atoms with Crippen LogP contribution in [-0.4, -0.2) is 22.1 Å². The lowest BCUT2D eigenvalue weighted by Gasteiger charge is -2.21. The van der Waals surface area contributed by atoms with Gasteiger partial charge in [0.05, 0.1) is 11.3 Å². The van der Waals surface area contributed by atoms with E-state index in [2.05, 4.69) is 18.0 Å². The van der Waals surface area contributed by atoms with Crippen LogP contribution in [0.25, 0.3) is 5.65 Å². The number of pyridine rings is 1. The highest BCUT2D eigenvalue weighted by molar-refractivity contribution is 5.55. The van der Waals surface area contributed by atoms with Gasteiger partial charge in [-0.25, -0.2) is 4.98 Å². The molecule has 4 nitrogen and oxygen atoms in total. The molecule has 0 fully saturated rings. The fraction of sp³-hybridized carbons (Fsp3) is 0.500. The van der Waals surface area contributed by atoms with Crippen molar-refractivity contribution in [2.75, 3.05) is 12.8 Å². The first kappa shape index (κ1) is 12.9. The molecule has 0 bridgehead atoms.